The topological polar surface area (TPSA) is 99.5 Å². The van der Waals surface area contributed by atoms with Crippen molar-refractivity contribution in [1.82, 2.24) is 15.1 Å². The molecule has 9 heteroatoms. The summed E-state index contributed by atoms with van der Waals surface area (Å²) in [6.45, 7) is 3.84. The van der Waals surface area contributed by atoms with Gasteiger partial charge in [-0.15, -0.1) is 11.3 Å². The van der Waals surface area contributed by atoms with Gasteiger partial charge in [0.05, 0.1) is 19.3 Å². The molecule has 0 fully saturated rings. The van der Waals surface area contributed by atoms with E-state index in [4.69, 9.17) is 4.74 Å². The number of alkyl carbamates (subject to hydrolysis) is 1. The fourth-order valence-corrected chi connectivity index (χ4v) is 3.65. The van der Waals surface area contributed by atoms with Gasteiger partial charge in [-0.1, -0.05) is 30.3 Å². The zero-order valence-electron chi connectivity index (χ0n) is 15.6. The first-order valence-corrected chi connectivity index (χ1v) is 9.31. The summed E-state index contributed by atoms with van der Waals surface area (Å²) >= 11 is 1.25. The van der Waals surface area contributed by atoms with Crippen LogP contribution in [0.2, 0.25) is 0 Å². The van der Waals surface area contributed by atoms with E-state index in [1.54, 1.807) is 6.07 Å². The maximum Gasteiger partial charge on any atom is 0.413 e. The molecule has 2 heterocycles. The summed E-state index contributed by atoms with van der Waals surface area (Å²) in [5.41, 5.74) is 1.90. The molecule has 0 saturated heterocycles. The van der Waals surface area contributed by atoms with Crippen molar-refractivity contribution in [3.05, 3.63) is 52.5 Å². The molecular weight excluding hydrogens is 382 g/mol. The van der Waals surface area contributed by atoms with E-state index >= 15 is 0 Å². The van der Waals surface area contributed by atoms with E-state index in [1.807, 2.05) is 47.3 Å². The van der Waals surface area contributed by atoms with Gasteiger partial charge in [-0.05, 0) is 25.5 Å². The van der Waals surface area contributed by atoms with Crippen LogP contribution in [0.15, 0.2) is 36.4 Å². The summed E-state index contributed by atoms with van der Waals surface area (Å²) < 4.78 is 11.4. The Balaban J connectivity index is 1.76. The lowest BCUT2D eigenvalue weighted by atomic mass is 10.2. The van der Waals surface area contributed by atoms with E-state index in [1.165, 1.54) is 18.3 Å². The molecule has 0 radical (unpaired) electrons. The van der Waals surface area contributed by atoms with Crippen LogP contribution in [0.5, 0.6) is 0 Å². The van der Waals surface area contributed by atoms with Gasteiger partial charge in [0.2, 0.25) is 0 Å². The second-order valence-electron chi connectivity index (χ2n) is 6.09. The Morgan fingerprint density at radius 3 is 2.64 bits per heavy atom. The molecule has 0 saturated carbocycles. The summed E-state index contributed by atoms with van der Waals surface area (Å²) in [6, 6.07) is 11.6. The molecule has 0 aliphatic rings. The highest BCUT2D eigenvalue weighted by Gasteiger charge is 2.23. The molecule has 3 aromatic rings. The first-order valence-electron chi connectivity index (χ1n) is 8.49. The predicted octanol–water partition coefficient (Wildman–Crippen LogP) is 2.88. The fourth-order valence-electron chi connectivity index (χ4n) is 2.60. The van der Waals surface area contributed by atoms with Gasteiger partial charge in [-0.3, -0.25) is 14.8 Å². The number of thiophene rings is 1. The molecule has 0 spiro atoms. The minimum Gasteiger partial charge on any atom is -0.453 e. The highest BCUT2D eigenvalue weighted by Crippen LogP contribution is 2.29. The summed E-state index contributed by atoms with van der Waals surface area (Å²) in [7, 11) is 1.14. The molecule has 28 heavy (non-hydrogen) atoms. The summed E-state index contributed by atoms with van der Waals surface area (Å²) in [5.74, 6) is -1.40. The van der Waals surface area contributed by atoms with Crippen molar-refractivity contribution >= 4 is 39.5 Å². The van der Waals surface area contributed by atoms with Crippen molar-refractivity contribution in [2.24, 2.45) is 0 Å². The molecule has 0 aliphatic heterocycles. The smallest absolute Gasteiger partial charge is 0.413 e. The van der Waals surface area contributed by atoms with Crippen molar-refractivity contribution < 1.29 is 23.9 Å². The third-order valence-corrected chi connectivity index (χ3v) is 5.18. The van der Waals surface area contributed by atoms with Crippen LogP contribution in [0, 0.1) is 6.92 Å². The SMILES string of the molecule is COC(=O)NC(=O)[C@H](C)OC(=O)c1cc2c(C)nn(Cc3ccccc3)c2s1. The summed E-state index contributed by atoms with van der Waals surface area (Å²) in [4.78, 5) is 36.5. The number of nitrogens with one attached hydrogen (secondary N) is 1. The van der Waals surface area contributed by atoms with Gasteiger partial charge in [-0.25, -0.2) is 9.59 Å². The van der Waals surface area contributed by atoms with E-state index in [-0.39, 0.29) is 0 Å². The number of aromatic nitrogens is 2. The number of hydrogen-bond acceptors (Lipinski definition) is 7. The lowest BCUT2D eigenvalue weighted by Gasteiger charge is -2.11. The monoisotopic (exact) mass is 401 g/mol. The number of carbonyl (C=O) groups excluding carboxylic acids is 3. The zero-order chi connectivity index (χ0) is 20.3. The van der Waals surface area contributed by atoms with Crippen LogP contribution in [0.3, 0.4) is 0 Å². The molecule has 2 aromatic heterocycles. The molecule has 2 amide bonds. The van der Waals surface area contributed by atoms with E-state index in [0.29, 0.717) is 11.4 Å². The van der Waals surface area contributed by atoms with Gasteiger partial charge in [0.1, 0.15) is 9.71 Å². The van der Waals surface area contributed by atoms with Crippen molar-refractivity contribution in [2.75, 3.05) is 7.11 Å². The van der Waals surface area contributed by atoms with Crippen LogP contribution in [-0.2, 0) is 20.8 Å². The largest absolute Gasteiger partial charge is 0.453 e. The second-order valence-corrected chi connectivity index (χ2v) is 7.12. The van der Waals surface area contributed by atoms with Crippen LogP contribution in [0.1, 0.15) is 27.9 Å². The molecule has 0 bridgehead atoms. The average Bonchev–Trinajstić information content (AvgIpc) is 3.24. The number of aryl methyl sites for hydroxylation is 1. The van der Waals surface area contributed by atoms with Crippen molar-refractivity contribution in [1.29, 1.82) is 0 Å². The van der Waals surface area contributed by atoms with Crippen molar-refractivity contribution in [3.8, 4) is 0 Å². The van der Waals surface area contributed by atoms with Gasteiger partial charge in [0, 0.05) is 5.39 Å². The van der Waals surface area contributed by atoms with Gasteiger partial charge in [0.15, 0.2) is 6.10 Å². The lowest BCUT2D eigenvalue weighted by molar-refractivity contribution is -0.128. The Kier molecular flexibility index (Phi) is 5.74. The number of hydrogen-bond donors (Lipinski definition) is 1. The zero-order valence-corrected chi connectivity index (χ0v) is 16.4. The molecule has 0 aliphatic carbocycles. The normalized spacial score (nSPS) is 11.8. The van der Waals surface area contributed by atoms with Gasteiger partial charge < -0.3 is 9.47 Å². The Hall–Kier alpha value is -3.20. The number of nitrogens with zero attached hydrogens (tertiary/aromatic N) is 2. The number of fused-ring (bicyclic) bond motifs is 1. The Bertz CT molecular complexity index is 1030. The van der Waals surface area contributed by atoms with E-state index in [9.17, 15) is 14.4 Å². The highest BCUT2D eigenvalue weighted by molar-refractivity contribution is 7.20. The van der Waals surface area contributed by atoms with Crippen molar-refractivity contribution in [3.63, 3.8) is 0 Å². The van der Waals surface area contributed by atoms with Crippen LogP contribution in [0.4, 0.5) is 4.79 Å². The number of imide groups is 1. The maximum absolute atomic E-state index is 12.4. The summed E-state index contributed by atoms with van der Waals surface area (Å²) in [5, 5.41) is 7.36. The summed E-state index contributed by atoms with van der Waals surface area (Å²) in [6.07, 6.45) is -2.05. The predicted molar refractivity (Wildman–Crippen MR) is 103 cm³/mol. The van der Waals surface area contributed by atoms with Crippen LogP contribution in [-0.4, -0.2) is 41.0 Å². The van der Waals surface area contributed by atoms with E-state index < -0.39 is 24.1 Å². The van der Waals surface area contributed by atoms with Gasteiger partial charge >= 0.3 is 12.1 Å². The Morgan fingerprint density at radius 1 is 1.25 bits per heavy atom. The van der Waals surface area contributed by atoms with Gasteiger partial charge in [0.25, 0.3) is 5.91 Å². The third kappa shape index (κ3) is 4.20. The molecule has 146 valence electrons. The third-order valence-electron chi connectivity index (χ3n) is 4.05. The average molecular weight is 401 g/mol. The maximum atomic E-state index is 12.4. The molecule has 0 unspecified atom stereocenters. The molecule has 1 aromatic carbocycles. The number of ether oxygens (including phenoxy) is 2. The fraction of sp³-hybridized carbons (Fsp3) is 0.263. The molecule has 3 rings (SSSR count). The molecular formula is C19H19N3O5S. The van der Waals surface area contributed by atoms with Gasteiger partial charge in [-0.2, -0.15) is 5.10 Å². The quantitative estimate of drug-likeness (QED) is 0.660. The molecule has 1 atom stereocenters. The number of esters is 1. The van der Waals surface area contributed by atoms with Crippen molar-refractivity contribution in [2.45, 2.75) is 26.5 Å². The van der Waals surface area contributed by atoms with E-state index in [2.05, 4.69) is 9.84 Å². The van der Waals surface area contributed by atoms with Crippen LogP contribution in [0.25, 0.3) is 10.2 Å². The Labute approximate surface area is 165 Å². The Morgan fingerprint density at radius 2 is 1.96 bits per heavy atom. The van der Waals surface area contributed by atoms with Crippen LogP contribution < -0.4 is 5.32 Å². The number of carbonyl (C=O) groups is 3. The number of amides is 2. The minimum atomic E-state index is -1.14. The number of benzene rings is 1. The number of rotatable bonds is 5. The molecule has 8 nitrogen and oxygen atoms in total. The lowest BCUT2D eigenvalue weighted by Crippen LogP contribution is -2.39. The first-order chi connectivity index (χ1) is 13.4. The number of methoxy groups -OCH3 is 1. The standard InChI is InChI=1S/C19H19N3O5S/c1-11-14-9-15(18(24)27-12(2)16(23)20-19(25)26-3)28-17(14)22(21-11)10-13-7-5-4-6-8-13/h4-9,12H,10H2,1-3H3,(H,20,23,25)/t12-/m0/s1. The second kappa shape index (κ2) is 8.22. The molecule has 1 N–H and O–H groups in total. The first kappa shape index (κ1) is 19.6. The van der Waals surface area contributed by atoms with Crippen LogP contribution >= 0.6 is 11.3 Å². The van der Waals surface area contributed by atoms with E-state index in [0.717, 1.165) is 28.6 Å². The highest BCUT2D eigenvalue weighted by atomic mass is 32.1. The minimum absolute atomic E-state index is 0.357.